The molecule has 1 aliphatic carbocycles. The Morgan fingerprint density at radius 3 is 2.81 bits per heavy atom. The minimum Gasteiger partial charge on any atom is -0.382 e. The van der Waals surface area contributed by atoms with Crippen molar-refractivity contribution in [3.63, 3.8) is 0 Å². The number of amides is 1. The number of carbonyl (C=O) groups is 1. The number of ether oxygens (including phenoxy) is 1. The standard InChI is InChI=1S/C17H24N2O2/c1-3-11-18-17(20)13-7-9-14(10-8-13)19-15-5-4-6-16(12-15)21-2/h3,7-10,15-16,19H,1,4-6,11-12H2,2H3,(H,18,20). The Hall–Kier alpha value is -1.81. The van der Waals surface area contributed by atoms with Gasteiger partial charge in [-0.3, -0.25) is 4.79 Å². The molecule has 1 amide bonds. The lowest BCUT2D eigenvalue weighted by atomic mass is 9.92. The number of anilines is 1. The van der Waals surface area contributed by atoms with Gasteiger partial charge in [-0.2, -0.15) is 0 Å². The van der Waals surface area contributed by atoms with E-state index < -0.39 is 0 Å². The van der Waals surface area contributed by atoms with E-state index in [1.165, 1.54) is 12.8 Å². The SMILES string of the molecule is C=CCNC(=O)c1ccc(NC2CCCC(OC)C2)cc1. The summed E-state index contributed by atoms with van der Waals surface area (Å²) in [6, 6.07) is 8.05. The van der Waals surface area contributed by atoms with E-state index in [0.29, 0.717) is 24.3 Å². The molecule has 2 rings (SSSR count). The van der Waals surface area contributed by atoms with Crippen LogP contribution in [0.4, 0.5) is 5.69 Å². The van der Waals surface area contributed by atoms with Gasteiger partial charge in [-0.1, -0.05) is 6.08 Å². The number of hydrogen-bond donors (Lipinski definition) is 2. The average molecular weight is 288 g/mol. The van der Waals surface area contributed by atoms with E-state index >= 15 is 0 Å². The number of hydrogen-bond acceptors (Lipinski definition) is 3. The number of rotatable bonds is 6. The monoisotopic (exact) mass is 288 g/mol. The van der Waals surface area contributed by atoms with Gasteiger partial charge in [0.1, 0.15) is 0 Å². The molecule has 4 heteroatoms. The molecule has 1 aromatic carbocycles. The smallest absolute Gasteiger partial charge is 0.251 e. The number of benzene rings is 1. The van der Waals surface area contributed by atoms with Crippen LogP contribution in [0.5, 0.6) is 0 Å². The molecule has 1 saturated carbocycles. The predicted molar refractivity (Wildman–Crippen MR) is 85.6 cm³/mol. The van der Waals surface area contributed by atoms with Crippen LogP contribution in [-0.4, -0.2) is 31.7 Å². The van der Waals surface area contributed by atoms with E-state index in [-0.39, 0.29) is 5.91 Å². The third-order valence-corrected chi connectivity index (χ3v) is 3.88. The van der Waals surface area contributed by atoms with Crippen LogP contribution in [0, 0.1) is 0 Å². The summed E-state index contributed by atoms with van der Waals surface area (Å²) in [5.74, 6) is -0.0708. The highest BCUT2D eigenvalue weighted by molar-refractivity contribution is 5.94. The van der Waals surface area contributed by atoms with Gasteiger partial charge in [0.2, 0.25) is 0 Å². The molecule has 1 aromatic rings. The normalized spacial score (nSPS) is 21.6. The Labute approximate surface area is 126 Å². The quantitative estimate of drug-likeness (QED) is 0.791. The third-order valence-electron chi connectivity index (χ3n) is 3.88. The minimum absolute atomic E-state index is 0.0708. The molecule has 0 saturated heterocycles. The van der Waals surface area contributed by atoms with Crippen molar-refractivity contribution in [2.75, 3.05) is 19.0 Å². The Morgan fingerprint density at radius 2 is 2.14 bits per heavy atom. The molecule has 2 N–H and O–H groups in total. The molecule has 21 heavy (non-hydrogen) atoms. The highest BCUT2D eigenvalue weighted by Crippen LogP contribution is 2.24. The Bertz CT molecular complexity index is 470. The van der Waals surface area contributed by atoms with Gasteiger partial charge >= 0.3 is 0 Å². The zero-order chi connectivity index (χ0) is 15.1. The number of carbonyl (C=O) groups excluding carboxylic acids is 1. The van der Waals surface area contributed by atoms with Crippen LogP contribution in [-0.2, 0) is 4.74 Å². The van der Waals surface area contributed by atoms with E-state index in [4.69, 9.17) is 4.74 Å². The van der Waals surface area contributed by atoms with Crippen LogP contribution >= 0.6 is 0 Å². The van der Waals surface area contributed by atoms with E-state index in [9.17, 15) is 4.79 Å². The molecule has 114 valence electrons. The maximum Gasteiger partial charge on any atom is 0.251 e. The summed E-state index contributed by atoms with van der Waals surface area (Å²) in [5, 5.41) is 6.30. The first-order valence-corrected chi connectivity index (χ1v) is 7.51. The summed E-state index contributed by atoms with van der Waals surface area (Å²) < 4.78 is 5.45. The lowest BCUT2D eigenvalue weighted by Gasteiger charge is -2.29. The lowest BCUT2D eigenvalue weighted by Crippen LogP contribution is -2.31. The number of methoxy groups -OCH3 is 1. The molecule has 2 atom stereocenters. The maximum absolute atomic E-state index is 11.8. The van der Waals surface area contributed by atoms with Gasteiger partial charge in [-0.15, -0.1) is 6.58 Å². The van der Waals surface area contributed by atoms with Gasteiger partial charge in [-0.05, 0) is 49.9 Å². The zero-order valence-electron chi connectivity index (χ0n) is 12.6. The Balaban J connectivity index is 1.90. The molecule has 0 spiro atoms. The topological polar surface area (TPSA) is 50.4 Å². The molecule has 1 fully saturated rings. The van der Waals surface area contributed by atoms with Crippen molar-refractivity contribution < 1.29 is 9.53 Å². The second-order valence-electron chi connectivity index (χ2n) is 5.44. The first kappa shape index (κ1) is 15.6. The third kappa shape index (κ3) is 4.60. The summed E-state index contributed by atoms with van der Waals surface area (Å²) in [7, 11) is 1.78. The van der Waals surface area contributed by atoms with Gasteiger partial charge < -0.3 is 15.4 Å². The lowest BCUT2D eigenvalue weighted by molar-refractivity contribution is 0.0669. The van der Waals surface area contributed by atoms with E-state index in [2.05, 4.69) is 17.2 Å². The minimum atomic E-state index is -0.0708. The van der Waals surface area contributed by atoms with Crippen molar-refractivity contribution in [2.45, 2.75) is 37.8 Å². The summed E-state index contributed by atoms with van der Waals surface area (Å²) in [6.07, 6.45) is 6.58. The fourth-order valence-corrected chi connectivity index (χ4v) is 2.71. The molecular weight excluding hydrogens is 264 g/mol. The number of nitrogens with one attached hydrogen (secondary N) is 2. The molecule has 1 aliphatic rings. The second-order valence-corrected chi connectivity index (χ2v) is 5.44. The van der Waals surface area contributed by atoms with Gasteiger partial charge in [-0.25, -0.2) is 0 Å². The van der Waals surface area contributed by atoms with Crippen LogP contribution in [0.3, 0.4) is 0 Å². The van der Waals surface area contributed by atoms with Crippen molar-refractivity contribution in [2.24, 2.45) is 0 Å². The molecule has 0 aromatic heterocycles. The van der Waals surface area contributed by atoms with Crippen molar-refractivity contribution in [1.29, 1.82) is 0 Å². The summed E-state index contributed by atoms with van der Waals surface area (Å²) in [5.41, 5.74) is 1.72. The summed E-state index contributed by atoms with van der Waals surface area (Å²) >= 11 is 0. The molecule has 0 heterocycles. The van der Waals surface area contributed by atoms with Gasteiger partial charge in [0.25, 0.3) is 5.91 Å². The van der Waals surface area contributed by atoms with Gasteiger partial charge in [0.05, 0.1) is 6.10 Å². The Morgan fingerprint density at radius 1 is 1.38 bits per heavy atom. The molecule has 0 aliphatic heterocycles. The molecule has 4 nitrogen and oxygen atoms in total. The summed E-state index contributed by atoms with van der Waals surface area (Å²) in [4.78, 5) is 11.8. The van der Waals surface area contributed by atoms with Gasteiger partial charge in [0.15, 0.2) is 0 Å². The average Bonchev–Trinajstić information content (AvgIpc) is 2.53. The molecule has 0 radical (unpaired) electrons. The highest BCUT2D eigenvalue weighted by atomic mass is 16.5. The van der Waals surface area contributed by atoms with Crippen molar-refractivity contribution in [1.82, 2.24) is 5.32 Å². The van der Waals surface area contributed by atoms with Crippen molar-refractivity contribution in [3.05, 3.63) is 42.5 Å². The molecule has 2 unspecified atom stereocenters. The largest absolute Gasteiger partial charge is 0.382 e. The zero-order valence-corrected chi connectivity index (χ0v) is 12.6. The van der Waals surface area contributed by atoms with E-state index in [1.807, 2.05) is 24.3 Å². The van der Waals surface area contributed by atoms with Crippen LogP contribution in [0.15, 0.2) is 36.9 Å². The first-order valence-electron chi connectivity index (χ1n) is 7.51. The second kappa shape index (κ2) is 7.84. The fourth-order valence-electron chi connectivity index (χ4n) is 2.71. The van der Waals surface area contributed by atoms with Crippen LogP contribution in [0.1, 0.15) is 36.0 Å². The molecule has 0 bridgehead atoms. The summed E-state index contributed by atoms with van der Waals surface area (Å²) in [6.45, 7) is 4.07. The Kier molecular flexibility index (Phi) is 5.81. The van der Waals surface area contributed by atoms with Crippen LogP contribution < -0.4 is 10.6 Å². The van der Waals surface area contributed by atoms with E-state index in [0.717, 1.165) is 18.5 Å². The van der Waals surface area contributed by atoms with Crippen LogP contribution in [0.25, 0.3) is 0 Å². The van der Waals surface area contributed by atoms with E-state index in [1.54, 1.807) is 13.2 Å². The molecular formula is C17H24N2O2. The van der Waals surface area contributed by atoms with Gasteiger partial charge in [0, 0.05) is 30.9 Å². The van der Waals surface area contributed by atoms with Crippen molar-refractivity contribution >= 4 is 11.6 Å². The first-order chi connectivity index (χ1) is 10.2. The van der Waals surface area contributed by atoms with Crippen molar-refractivity contribution in [3.8, 4) is 0 Å². The predicted octanol–water partition coefficient (Wildman–Crippen LogP) is 2.97. The maximum atomic E-state index is 11.8. The van der Waals surface area contributed by atoms with Crippen LogP contribution in [0.2, 0.25) is 0 Å². The fraction of sp³-hybridized carbons (Fsp3) is 0.471. The highest BCUT2D eigenvalue weighted by Gasteiger charge is 2.21.